The summed E-state index contributed by atoms with van der Waals surface area (Å²) in [7, 11) is 0. The summed E-state index contributed by atoms with van der Waals surface area (Å²) in [6.45, 7) is 2.24. The molecule has 1 atom stereocenters. The lowest BCUT2D eigenvalue weighted by Crippen LogP contribution is -2.24. The largest absolute Gasteiger partial charge is 0.476 e. The number of hydrogen-bond acceptors (Lipinski definition) is 5. The summed E-state index contributed by atoms with van der Waals surface area (Å²) in [5.74, 6) is -0.634. The number of carboxylic acids is 1. The monoisotopic (exact) mass is 287 g/mol. The molecule has 1 aromatic carbocycles. The van der Waals surface area contributed by atoms with Crippen LogP contribution >= 0.6 is 0 Å². The van der Waals surface area contributed by atoms with Crippen molar-refractivity contribution in [1.82, 2.24) is 9.97 Å². The van der Waals surface area contributed by atoms with Gasteiger partial charge in [-0.1, -0.05) is 30.3 Å². The van der Waals surface area contributed by atoms with Gasteiger partial charge in [-0.3, -0.25) is 0 Å². The van der Waals surface area contributed by atoms with E-state index in [2.05, 4.69) is 15.3 Å². The van der Waals surface area contributed by atoms with Crippen molar-refractivity contribution in [3.05, 3.63) is 54.0 Å². The van der Waals surface area contributed by atoms with Gasteiger partial charge in [0.15, 0.2) is 5.69 Å². The van der Waals surface area contributed by atoms with Crippen LogP contribution in [-0.4, -0.2) is 32.7 Å². The highest BCUT2D eigenvalue weighted by atomic mass is 16.4. The molecule has 0 aliphatic rings. The minimum absolute atomic E-state index is 0.100. The zero-order chi connectivity index (χ0) is 15.3. The molecule has 1 aromatic heterocycles. The number of hydrogen-bond donors (Lipinski definition) is 3. The van der Waals surface area contributed by atoms with Gasteiger partial charge in [0.1, 0.15) is 5.82 Å². The lowest BCUT2D eigenvalue weighted by atomic mass is 9.93. The van der Waals surface area contributed by atoms with Crippen LogP contribution in [0.2, 0.25) is 0 Å². The summed E-state index contributed by atoms with van der Waals surface area (Å²) in [6.07, 6.45) is 3.04. The molecule has 0 spiro atoms. The SMILES string of the molecule is CC(O)(CCNc1cnc(C(=O)O)cn1)c1ccccc1. The van der Waals surface area contributed by atoms with Gasteiger partial charge in [-0.25, -0.2) is 14.8 Å². The Labute approximate surface area is 122 Å². The van der Waals surface area contributed by atoms with Gasteiger partial charge in [0.05, 0.1) is 18.0 Å². The normalized spacial score (nSPS) is 13.4. The molecule has 0 fully saturated rings. The molecule has 110 valence electrons. The van der Waals surface area contributed by atoms with Crippen molar-refractivity contribution in [1.29, 1.82) is 0 Å². The number of aromatic carboxylic acids is 1. The number of benzene rings is 1. The first-order chi connectivity index (χ1) is 9.99. The Bertz CT molecular complexity index is 597. The maximum absolute atomic E-state index is 10.7. The van der Waals surface area contributed by atoms with Crippen LogP contribution in [0.1, 0.15) is 29.4 Å². The lowest BCUT2D eigenvalue weighted by molar-refractivity contribution is 0.0515. The average molecular weight is 287 g/mol. The fourth-order valence-electron chi connectivity index (χ4n) is 1.91. The van der Waals surface area contributed by atoms with E-state index in [1.54, 1.807) is 6.92 Å². The van der Waals surface area contributed by atoms with E-state index in [1.807, 2.05) is 30.3 Å². The van der Waals surface area contributed by atoms with Gasteiger partial charge in [0.25, 0.3) is 0 Å². The van der Waals surface area contributed by atoms with Gasteiger partial charge in [-0.05, 0) is 18.9 Å². The number of rotatable bonds is 6. The van der Waals surface area contributed by atoms with E-state index >= 15 is 0 Å². The molecule has 21 heavy (non-hydrogen) atoms. The molecule has 1 unspecified atom stereocenters. The van der Waals surface area contributed by atoms with E-state index in [9.17, 15) is 9.90 Å². The average Bonchev–Trinajstić information content (AvgIpc) is 2.48. The minimum atomic E-state index is -1.11. The molecular formula is C15H17N3O3. The summed E-state index contributed by atoms with van der Waals surface area (Å²) in [4.78, 5) is 18.4. The number of anilines is 1. The highest BCUT2D eigenvalue weighted by molar-refractivity contribution is 5.84. The third kappa shape index (κ3) is 4.00. The van der Waals surface area contributed by atoms with Crippen molar-refractivity contribution in [2.24, 2.45) is 0 Å². The summed E-state index contributed by atoms with van der Waals surface area (Å²) < 4.78 is 0. The molecule has 6 heteroatoms. The smallest absolute Gasteiger partial charge is 0.356 e. The predicted molar refractivity (Wildman–Crippen MR) is 78.1 cm³/mol. The van der Waals surface area contributed by atoms with Crippen molar-refractivity contribution < 1.29 is 15.0 Å². The number of nitrogens with one attached hydrogen (secondary N) is 1. The topological polar surface area (TPSA) is 95.3 Å². The third-order valence-corrected chi connectivity index (χ3v) is 3.18. The van der Waals surface area contributed by atoms with Gasteiger partial charge in [-0.2, -0.15) is 0 Å². The van der Waals surface area contributed by atoms with E-state index in [-0.39, 0.29) is 5.69 Å². The molecule has 0 aliphatic carbocycles. The first-order valence-corrected chi connectivity index (χ1v) is 6.56. The fraction of sp³-hybridized carbons (Fsp3) is 0.267. The molecule has 0 bridgehead atoms. The highest BCUT2D eigenvalue weighted by Crippen LogP contribution is 2.23. The van der Waals surface area contributed by atoms with E-state index in [4.69, 9.17) is 5.11 Å². The van der Waals surface area contributed by atoms with E-state index < -0.39 is 11.6 Å². The molecule has 0 radical (unpaired) electrons. The van der Waals surface area contributed by atoms with Crippen LogP contribution in [0.4, 0.5) is 5.82 Å². The molecule has 2 aromatic rings. The first kappa shape index (κ1) is 14.9. The second-order valence-electron chi connectivity index (χ2n) is 4.91. The summed E-state index contributed by atoms with van der Waals surface area (Å²) in [6, 6.07) is 9.42. The van der Waals surface area contributed by atoms with Crippen molar-refractivity contribution in [3.63, 3.8) is 0 Å². The number of aliphatic hydroxyl groups is 1. The quantitative estimate of drug-likeness (QED) is 0.751. The molecule has 0 aliphatic heterocycles. The van der Waals surface area contributed by atoms with Gasteiger partial charge in [0, 0.05) is 6.54 Å². The van der Waals surface area contributed by atoms with Crippen LogP contribution in [0.15, 0.2) is 42.7 Å². The number of carbonyl (C=O) groups is 1. The van der Waals surface area contributed by atoms with Crippen LogP contribution < -0.4 is 5.32 Å². The second-order valence-corrected chi connectivity index (χ2v) is 4.91. The first-order valence-electron chi connectivity index (χ1n) is 6.56. The van der Waals surface area contributed by atoms with E-state index in [1.165, 1.54) is 12.4 Å². The summed E-state index contributed by atoms with van der Waals surface area (Å²) in [5.41, 5.74) is -0.196. The zero-order valence-electron chi connectivity index (χ0n) is 11.7. The van der Waals surface area contributed by atoms with Gasteiger partial charge in [0.2, 0.25) is 0 Å². The van der Waals surface area contributed by atoms with Crippen LogP contribution in [0.25, 0.3) is 0 Å². The number of carboxylic acid groups (broad SMARTS) is 1. The van der Waals surface area contributed by atoms with Crippen molar-refractivity contribution >= 4 is 11.8 Å². The fourth-order valence-corrected chi connectivity index (χ4v) is 1.91. The number of nitrogens with zero attached hydrogens (tertiary/aromatic N) is 2. The third-order valence-electron chi connectivity index (χ3n) is 3.18. The van der Waals surface area contributed by atoms with Gasteiger partial charge < -0.3 is 15.5 Å². The van der Waals surface area contributed by atoms with Crippen molar-refractivity contribution in [2.75, 3.05) is 11.9 Å². The Morgan fingerprint density at radius 1 is 1.24 bits per heavy atom. The molecule has 0 saturated carbocycles. The molecule has 6 nitrogen and oxygen atoms in total. The molecule has 1 heterocycles. The standard InChI is InChI=1S/C15H17N3O3/c1-15(21,11-5-3-2-4-6-11)7-8-16-13-10-17-12(9-18-13)14(19)20/h2-6,9-10,21H,7-8H2,1H3,(H,16,18)(H,19,20). The highest BCUT2D eigenvalue weighted by Gasteiger charge is 2.22. The second kappa shape index (κ2) is 6.32. The summed E-state index contributed by atoms with van der Waals surface area (Å²) in [5, 5.41) is 22.2. The van der Waals surface area contributed by atoms with E-state index in [0.29, 0.717) is 18.8 Å². The molecule has 3 N–H and O–H groups in total. The summed E-state index contributed by atoms with van der Waals surface area (Å²) >= 11 is 0. The van der Waals surface area contributed by atoms with Crippen molar-refractivity contribution in [2.45, 2.75) is 18.9 Å². The maximum atomic E-state index is 10.7. The Balaban J connectivity index is 1.90. The Kier molecular flexibility index (Phi) is 4.49. The Hall–Kier alpha value is -2.47. The molecule has 0 saturated heterocycles. The predicted octanol–water partition coefficient (Wildman–Crippen LogP) is 1.88. The van der Waals surface area contributed by atoms with Crippen LogP contribution in [-0.2, 0) is 5.60 Å². The van der Waals surface area contributed by atoms with Gasteiger partial charge >= 0.3 is 5.97 Å². The van der Waals surface area contributed by atoms with Gasteiger partial charge in [-0.15, -0.1) is 0 Å². The molecular weight excluding hydrogens is 270 g/mol. The van der Waals surface area contributed by atoms with Crippen LogP contribution in [0.3, 0.4) is 0 Å². The van der Waals surface area contributed by atoms with Crippen molar-refractivity contribution in [3.8, 4) is 0 Å². The van der Waals surface area contributed by atoms with Crippen LogP contribution in [0, 0.1) is 0 Å². The number of aromatic nitrogens is 2. The molecule has 2 rings (SSSR count). The Morgan fingerprint density at radius 3 is 2.52 bits per heavy atom. The maximum Gasteiger partial charge on any atom is 0.356 e. The Morgan fingerprint density at radius 2 is 1.95 bits per heavy atom. The van der Waals surface area contributed by atoms with E-state index in [0.717, 1.165) is 5.56 Å². The van der Waals surface area contributed by atoms with Crippen LogP contribution in [0.5, 0.6) is 0 Å². The lowest BCUT2D eigenvalue weighted by Gasteiger charge is -2.24. The minimum Gasteiger partial charge on any atom is -0.476 e. The zero-order valence-corrected chi connectivity index (χ0v) is 11.7. The molecule has 0 amide bonds.